The SMILES string of the molecule is CCCCCCCCC/C=C\CCCCCCCC(=O)OCCCCCCCCCCCCCCCCCCCCCCCCCCCCCCCCCCCCCC(=O)NC(CO)C(O)CCCCCCCCCCCCCCCC. The minimum absolute atomic E-state index is 0.0162. The van der Waals surface area contributed by atoms with Crippen LogP contribution >= 0.6 is 0 Å². The van der Waals surface area contributed by atoms with Gasteiger partial charge in [0.05, 0.1) is 25.4 Å². The highest BCUT2D eigenvalue weighted by molar-refractivity contribution is 5.76. The number of carbonyl (C=O) groups is 2. The summed E-state index contributed by atoms with van der Waals surface area (Å²) in [7, 11) is 0. The van der Waals surface area contributed by atoms with Crippen LogP contribution in [0.15, 0.2) is 12.2 Å². The summed E-state index contributed by atoms with van der Waals surface area (Å²) in [5, 5.41) is 23.3. The van der Waals surface area contributed by atoms with Gasteiger partial charge >= 0.3 is 5.97 Å². The van der Waals surface area contributed by atoms with Crippen molar-refractivity contribution in [3.05, 3.63) is 12.2 Å². The van der Waals surface area contributed by atoms with Gasteiger partial charge in [0.2, 0.25) is 5.91 Å². The number of esters is 1. The zero-order valence-electron chi connectivity index (χ0n) is 56.0. The van der Waals surface area contributed by atoms with Crippen LogP contribution in [0.5, 0.6) is 0 Å². The molecule has 0 saturated carbocycles. The zero-order chi connectivity index (χ0) is 59.2. The molecule has 488 valence electrons. The first-order valence-electron chi connectivity index (χ1n) is 37.9. The molecule has 0 aromatic heterocycles. The van der Waals surface area contributed by atoms with Crippen molar-refractivity contribution in [3.8, 4) is 0 Å². The summed E-state index contributed by atoms with van der Waals surface area (Å²) < 4.78 is 5.50. The number of nitrogens with one attached hydrogen (secondary N) is 1. The molecule has 0 bridgehead atoms. The van der Waals surface area contributed by atoms with Gasteiger partial charge in [-0.05, 0) is 51.4 Å². The average Bonchev–Trinajstić information content (AvgIpc) is 3.48. The minimum Gasteiger partial charge on any atom is -0.466 e. The molecule has 0 heterocycles. The lowest BCUT2D eigenvalue weighted by molar-refractivity contribution is -0.143. The number of amides is 1. The number of ether oxygens (including phenoxy) is 1. The zero-order valence-corrected chi connectivity index (χ0v) is 56.0. The van der Waals surface area contributed by atoms with Gasteiger partial charge in [0.1, 0.15) is 0 Å². The third kappa shape index (κ3) is 67.7. The van der Waals surface area contributed by atoms with Gasteiger partial charge in [0.25, 0.3) is 0 Å². The van der Waals surface area contributed by atoms with Crippen molar-refractivity contribution in [2.24, 2.45) is 0 Å². The van der Waals surface area contributed by atoms with Crippen molar-refractivity contribution in [3.63, 3.8) is 0 Å². The maximum absolute atomic E-state index is 12.5. The van der Waals surface area contributed by atoms with Crippen LogP contribution in [0.25, 0.3) is 0 Å². The van der Waals surface area contributed by atoms with E-state index in [1.165, 1.54) is 360 Å². The van der Waals surface area contributed by atoms with Gasteiger partial charge in [-0.25, -0.2) is 0 Å². The van der Waals surface area contributed by atoms with Crippen molar-refractivity contribution in [1.82, 2.24) is 5.32 Å². The molecule has 0 aliphatic heterocycles. The molecule has 0 aliphatic rings. The van der Waals surface area contributed by atoms with E-state index in [9.17, 15) is 19.8 Å². The molecule has 1 amide bonds. The maximum atomic E-state index is 12.5. The van der Waals surface area contributed by atoms with Crippen LogP contribution in [-0.2, 0) is 14.3 Å². The molecule has 3 N–H and O–H groups in total. The summed E-state index contributed by atoms with van der Waals surface area (Å²) in [6, 6.07) is -0.536. The number of hydrogen-bond acceptors (Lipinski definition) is 5. The molecule has 6 nitrogen and oxygen atoms in total. The van der Waals surface area contributed by atoms with E-state index in [4.69, 9.17) is 4.74 Å². The first-order valence-corrected chi connectivity index (χ1v) is 37.9. The van der Waals surface area contributed by atoms with Crippen LogP contribution in [0.3, 0.4) is 0 Å². The predicted octanol–water partition coefficient (Wildman–Crippen LogP) is 24.7. The van der Waals surface area contributed by atoms with Gasteiger partial charge in [-0.2, -0.15) is 0 Å². The molecule has 2 atom stereocenters. The Morgan fingerprint density at radius 2 is 0.573 bits per heavy atom. The van der Waals surface area contributed by atoms with Crippen LogP contribution in [0.1, 0.15) is 438 Å². The third-order valence-electron chi connectivity index (χ3n) is 18.1. The summed E-state index contributed by atoms with van der Waals surface area (Å²) in [6.45, 7) is 4.99. The summed E-state index contributed by atoms with van der Waals surface area (Å²) >= 11 is 0. The van der Waals surface area contributed by atoms with Crippen molar-refractivity contribution in [2.75, 3.05) is 13.2 Å². The molecule has 0 rings (SSSR count). The van der Waals surface area contributed by atoms with Gasteiger partial charge in [0, 0.05) is 12.8 Å². The summed E-state index contributed by atoms with van der Waals surface area (Å²) in [5.41, 5.74) is 0. The van der Waals surface area contributed by atoms with Gasteiger partial charge in [-0.3, -0.25) is 9.59 Å². The van der Waals surface area contributed by atoms with E-state index in [2.05, 4.69) is 31.3 Å². The maximum Gasteiger partial charge on any atom is 0.305 e. The van der Waals surface area contributed by atoms with E-state index in [-0.39, 0.29) is 18.5 Å². The first kappa shape index (κ1) is 80.6. The lowest BCUT2D eigenvalue weighted by atomic mass is 10.0. The van der Waals surface area contributed by atoms with E-state index in [1.807, 2.05) is 0 Å². The fourth-order valence-corrected chi connectivity index (χ4v) is 12.3. The summed E-state index contributed by atoms with van der Waals surface area (Å²) in [4.78, 5) is 24.6. The molecule has 0 radical (unpaired) electrons. The van der Waals surface area contributed by atoms with Crippen LogP contribution in [-0.4, -0.2) is 47.4 Å². The smallest absolute Gasteiger partial charge is 0.305 e. The Bertz CT molecular complexity index is 1240. The molecule has 0 aliphatic carbocycles. The van der Waals surface area contributed by atoms with Crippen molar-refractivity contribution >= 4 is 11.9 Å². The second kappa shape index (κ2) is 72.1. The average molecular weight is 1160 g/mol. The number of aliphatic hydroxyl groups is 2. The first-order chi connectivity index (χ1) is 40.5. The number of allylic oxidation sites excluding steroid dienone is 2. The highest BCUT2D eigenvalue weighted by Gasteiger charge is 2.20. The van der Waals surface area contributed by atoms with Crippen LogP contribution in [0.4, 0.5) is 0 Å². The monoisotopic (exact) mass is 1160 g/mol. The van der Waals surface area contributed by atoms with E-state index in [0.29, 0.717) is 25.9 Å². The lowest BCUT2D eigenvalue weighted by Gasteiger charge is -2.22. The van der Waals surface area contributed by atoms with Crippen LogP contribution in [0, 0.1) is 0 Å². The Kier molecular flexibility index (Phi) is 70.8. The standard InChI is InChI=1S/C76H149NO5/c1-3-5-7-9-11-13-15-17-19-42-46-50-54-58-62-66-70-76(81)82-71-67-63-59-55-51-47-43-40-38-36-34-32-30-28-26-24-22-20-21-23-25-27-29-31-33-35-37-39-41-45-49-53-57-61-65-69-75(80)77-73(72-78)74(79)68-64-60-56-52-48-44-18-16-14-12-10-8-6-4-2/h19,42,73-74,78-79H,3-18,20-41,43-72H2,1-2H3,(H,77,80)/b42-19-. The second-order valence-electron chi connectivity index (χ2n) is 26.3. The minimum atomic E-state index is -0.659. The van der Waals surface area contributed by atoms with Gasteiger partial charge in [0.15, 0.2) is 0 Å². The molecule has 0 spiro atoms. The molecule has 0 aromatic rings. The molecule has 2 unspecified atom stereocenters. The van der Waals surface area contributed by atoms with Crippen LogP contribution in [0.2, 0.25) is 0 Å². The van der Waals surface area contributed by atoms with E-state index in [0.717, 1.165) is 44.9 Å². The summed E-state index contributed by atoms with van der Waals surface area (Å²) in [6.07, 6.45) is 90.1. The Morgan fingerprint density at radius 3 is 0.866 bits per heavy atom. The number of unbranched alkanes of at least 4 members (excludes halogenated alkanes) is 59. The molecule has 6 heteroatoms. The van der Waals surface area contributed by atoms with Crippen molar-refractivity contribution in [2.45, 2.75) is 450 Å². The Labute approximate surface area is 514 Å². The summed E-state index contributed by atoms with van der Waals surface area (Å²) in [5.74, 6) is -0.0102. The molecule has 82 heavy (non-hydrogen) atoms. The molecular weight excluding hydrogens is 1010 g/mol. The van der Waals surface area contributed by atoms with Gasteiger partial charge in [-0.15, -0.1) is 0 Å². The topological polar surface area (TPSA) is 95.9 Å². The molecule has 0 fully saturated rings. The second-order valence-corrected chi connectivity index (χ2v) is 26.3. The molecular formula is C76H149NO5. The number of hydrogen-bond donors (Lipinski definition) is 3. The number of rotatable bonds is 72. The largest absolute Gasteiger partial charge is 0.466 e. The number of carbonyl (C=O) groups excluding carboxylic acids is 2. The highest BCUT2D eigenvalue weighted by Crippen LogP contribution is 2.20. The van der Waals surface area contributed by atoms with Gasteiger partial charge < -0.3 is 20.3 Å². The van der Waals surface area contributed by atoms with Crippen molar-refractivity contribution < 1.29 is 24.5 Å². The highest BCUT2D eigenvalue weighted by atomic mass is 16.5. The number of aliphatic hydroxyl groups excluding tert-OH is 2. The van der Waals surface area contributed by atoms with Crippen molar-refractivity contribution in [1.29, 1.82) is 0 Å². The van der Waals surface area contributed by atoms with E-state index >= 15 is 0 Å². The fourth-order valence-electron chi connectivity index (χ4n) is 12.3. The van der Waals surface area contributed by atoms with E-state index in [1.54, 1.807) is 0 Å². The Morgan fingerprint density at radius 1 is 0.329 bits per heavy atom. The normalized spacial score (nSPS) is 12.5. The quantitative estimate of drug-likeness (QED) is 0.0320. The lowest BCUT2D eigenvalue weighted by Crippen LogP contribution is -2.45. The molecule has 0 saturated heterocycles. The fraction of sp³-hybridized carbons (Fsp3) is 0.947. The van der Waals surface area contributed by atoms with E-state index < -0.39 is 12.1 Å². The Hall–Kier alpha value is -1.40. The predicted molar refractivity (Wildman–Crippen MR) is 361 cm³/mol. The molecule has 0 aromatic carbocycles. The third-order valence-corrected chi connectivity index (χ3v) is 18.1. The van der Waals surface area contributed by atoms with Crippen LogP contribution < -0.4 is 5.32 Å². The van der Waals surface area contributed by atoms with Gasteiger partial charge in [-0.1, -0.05) is 386 Å². The Balaban J connectivity index is 3.29.